The molecule has 0 unspecified atom stereocenters. The van der Waals surface area contributed by atoms with Gasteiger partial charge in [0.25, 0.3) is 0 Å². The minimum atomic E-state index is -0.502. The molecule has 0 atom stereocenters. The highest BCUT2D eigenvalue weighted by Crippen LogP contribution is 2.07. The van der Waals surface area contributed by atoms with Crippen LogP contribution in [0.2, 0.25) is 0 Å². The quantitative estimate of drug-likeness (QED) is 0.885. The van der Waals surface area contributed by atoms with E-state index in [0.717, 1.165) is 5.56 Å². The zero-order chi connectivity index (χ0) is 15.2. The molecule has 20 heavy (non-hydrogen) atoms. The Labute approximate surface area is 118 Å². The zero-order valence-corrected chi connectivity index (χ0v) is 12.0. The number of hydrogen-bond donors (Lipinski definition) is 2. The smallest absolute Gasteiger partial charge is 0.407 e. The Morgan fingerprint density at radius 2 is 1.85 bits per heavy atom. The van der Waals surface area contributed by atoms with Crippen LogP contribution >= 0.6 is 0 Å². The number of amides is 2. The minimum Gasteiger partial charge on any atom is -0.444 e. The highest BCUT2D eigenvalue weighted by molar-refractivity contribution is 5.92. The zero-order valence-electron chi connectivity index (χ0n) is 12.0. The van der Waals surface area contributed by atoms with Gasteiger partial charge in [0.1, 0.15) is 5.60 Å². The van der Waals surface area contributed by atoms with Crippen molar-refractivity contribution in [1.82, 2.24) is 5.32 Å². The van der Waals surface area contributed by atoms with Gasteiger partial charge in [0, 0.05) is 12.1 Å². The summed E-state index contributed by atoms with van der Waals surface area (Å²) in [5.41, 5.74) is 6.03. The van der Waals surface area contributed by atoms with Gasteiger partial charge in [0.05, 0.1) is 0 Å². The van der Waals surface area contributed by atoms with E-state index in [1.165, 1.54) is 0 Å². The Bertz CT molecular complexity index is 499. The van der Waals surface area contributed by atoms with Crippen molar-refractivity contribution in [3.63, 3.8) is 0 Å². The number of primary amides is 1. The van der Waals surface area contributed by atoms with Crippen molar-refractivity contribution in [3.05, 3.63) is 41.5 Å². The normalized spacial score (nSPS) is 11.3. The average molecular weight is 276 g/mol. The molecule has 0 fully saturated rings. The predicted molar refractivity (Wildman–Crippen MR) is 78.2 cm³/mol. The van der Waals surface area contributed by atoms with Gasteiger partial charge < -0.3 is 15.8 Å². The fraction of sp³-hybridized carbons (Fsp3) is 0.333. The number of nitrogens with one attached hydrogen (secondary N) is 1. The second kappa shape index (κ2) is 6.75. The van der Waals surface area contributed by atoms with Crippen molar-refractivity contribution in [2.45, 2.75) is 26.4 Å². The molecule has 1 rings (SSSR count). The third-order valence-corrected chi connectivity index (χ3v) is 2.27. The van der Waals surface area contributed by atoms with Crippen LogP contribution < -0.4 is 11.1 Å². The van der Waals surface area contributed by atoms with Crippen LogP contribution in [0, 0.1) is 0 Å². The highest BCUT2D eigenvalue weighted by Gasteiger charge is 2.14. The standard InChI is InChI=1S/C15H20N2O3/c1-15(2,3)20-14(19)17-10-4-5-11-6-8-12(9-7-11)13(16)18/h4-9H,10H2,1-3H3,(H2,16,18)(H,17,19). The lowest BCUT2D eigenvalue weighted by Crippen LogP contribution is -2.32. The monoisotopic (exact) mass is 276 g/mol. The van der Waals surface area contributed by atoms with Crippen molar-refractivity contribution in [1.29, 1.82) is 0 Å². The van der Waals surface area contributed by atoms with E-state index >= 15 is 0 Å². The first-order valence-corrected chi connectivity index (χ1v) is 6.31. The van der Waals surface area contributed by atoms with Gasteiger partial charge in [-0.15, -0.1) is 0 Å². The lowest BCUT2D eigenvalue weighted by atomic mass is 10.1. The topological polar surface area (TPSA) is 81.4 Å². The van der Waals surface area contributed by atoms with Crippen LogP contribution in [0.25, 0.3) is 6.08 Å². The van der Waals surface area contributed by atoms with Crippen LogP contribution in [0.3, 0.4) is 0 Å². The van der Waals surface area contributed by atoms with E-state index in [1.54, 1.807) is 30.3 Å². The van der Waals surface area contributed by atoms with Gasteiger partial charge in [-0.2, -0.15) is 0 Å². The molecule has 0 spiro atoms. The second-order valence-corrected chi connectivity index (χ2v) is 5.27. The molecule has 0 aliphatic heterocycles. The van der Waals surface area contributed by atoms with Crippen molar-refractivity contribution < 1.29 is 14.3 Å². The fourth-order valence-corrected chi connectivity index (χ4v) is 1.41. The molecule has 108 valence electrons. The summed E-state index contributed by atoms with van der Waals surface area (Å²) >= 11 is 0. The molecule has 0 aliphatic carbocycles. The predicted octanol–water partition coefficient (Wildman–Crippen LogP) is 2.32. The van der Waals surface area contributed by atoms with E-state index < -0.39 is 17.6 Å². The molecule has 0 heterocycles. The Kier molecular flexibility index (Phi) is 5.32. The van der Waals surface area contributed by atoms with Crippen LogP contribution in [0.15, 0.2) is 30.3 Å². The Hall–Kier alpha value is -2.30. The molecule has 5 nitrogen and oxygen atoms in total. The van der Waals surface area contributed by atoms with E-state index in [4.69, 9.17) is 10.5 Å². The molecule has 1 aromatic carbocycles. The summed E-state index contributed by atoms with van der Waals surface area (Å²) in [5, 5.41) is 2.62. The number of nitrogens with two attached hydrogens (primary N) is 1. The van der Waals surface area contributed by atoms with Crippen LogP contribution in [0.4, 0.5) is 4.79 Å². The van der Waals surface area contributed by atoms with Gasteiger partial charge in [-0.3, -0.25) is 4.79 Å². The molecule has 5 heteroatoms. The highest BCUT2D eigenvalue weighted by atomic mass is 16.6. The van der Waals surface area contributed by atoms with Crippen LogP contribution in [0.5, 0.6) is 0 Å². The van der Waals surface area contributed by atoms with Gasteiger partial charge in [0.15, 0.2) is 0 Å². The van der Waals surface area contributed by atoms with E-state index in [0.29, 0.717) is 12.1 Å². The SMILES string of the molecule is CC(C)(C)OC(=O)NCC=Cc1ccc(C(N)=O)cc1. The summed E-state index contributed by atoms with van der Waals surface area (Å²) in [6.07, 6.45) is 3.18. The fourth-order valence-electron chi connectivity index (χ4n) is 1.41. The largest absolute Gasteiger partial charge is 0.444 e. The van der Waals surface area contributed by atoms with Crippen LogP contribution in [-0.2, 0) is 4.74 Å². The lowest BCUT2D eigenvalue weighted by Gasteiger charge is -2.19. The molecule has 0 radical (unpaired) electrons. The number of benzene rings is 1. The Morgan fingerprint density at radius 1 is 1.25 bits per heavy atom. The molecule has 3 N–H and O–H groups in total. The first-order valence-electron chi connectivity index (χ1n) is 6.31. The number of ether oxygens (including phenoxy) is 1. The molecule has 0 bridgehead atoms. The van der Waals surface area contributed by atoms with Crippen molar-refractivity contribution in [3.8, 4) is 0 Å². The van der Waals surface area contributed by atoms with Crippen molar-refractivity contribution in [2.24, 2.45) is 5.73 Å². The van der Waals surface area contributed by atoms with Crippen molar-refractivity contribution >= 4 is 18.1 Å². The number of hydrogen-bond acceptors (Lipinski definition) is 3. The molecule has 0 saturated heterocycles. The van der Waals surface area contributed by atoms with Gasteiger partial charge in [-0.25, -0.2) is 4.79 Å². The molecular formula is C15H20N2O3. The van der Waals surface area contributed by atoms with Crippen molar-refractivity contribution in [2.75, 3.05) is 6.54 Å². The van der Waals surface area contributed by atoms with Crippen LogP contribution in [0.1, 0.15) is 36.7 Å². The summed E-state index contributed by atoms with van der Waals surface area (Å²) in [4.78, 5) is 22.3. The summed E-state index contributed by atoms with van der Waals surface area (Å²) in [5.74, 6) is -0.452. The molecular weight excluding hydrogens is 256 g/mol. The first kappa shape index (κ1) is 15.8. The maximum Gasteiger partial charge on any atom is 0.407 e. The first-order chi connectivity index (χ1) is 9.28. The third-order valence-electron chi connectivity index (χ3n) is 2.27. The van der Waals surface area contributed by atoms with Gasteiger partial charge in [0.2, 0.25) is 5.91 Å². The lowest BCUT2D eigenvalue weighted by molar-refractivity contribution is 0.0534. The van der Waals surface area contributed by atoms with Gasteiger partial charge in [-0.05, 0) is 38.5 Å². The summed E-state index contributed by atoms with van der Waals surface area (Å²) in [7, 11) is 0. The number of carbonyl (C=O) groups excluding carboxylic acids is 2. The van der Waals surface area contributed by atoms with E-state index in [2.05, 4.69) is 5.32 Å². The number of alkyl carbamates (subject to hydrolysis) is 1. The minimum absolute atomic E-state index is 0.368. The molecule has 0 aliphatic rings. The summed E-state index contributed by atoms with van der Waals surface area (Å²) in [6, 6.07) is 6.88. The van der Waals surface area contributed by atoms with E-state index in [9.17, 15) is 9.59 Å². The Balaban J connectivity index is 2.42. The summed E-state index contributed by atoms with van der Waals surface area (Å²) < 4.78 is 5.10. The molecule has 0 saturated carbocycles. The maximum absolute atomic E-state index is 11.4. The summed E-state index contributed by atoms with van der Waals surface area (Å²) in [6.45, 7) is 5.79. The van der Waals surface area contributed by atoms with E-state index in [-0.39, 0.29) is 0 Å². The molecule has 2 amide bonds. The third kappa shape index (κ3) is 6.04. The Morgan fingerprint density at radius 3 is 2.35 bits per heavy atom. The number of rotatable bonds is 4. The van der Waals surface area contributed by atoms with Gasteiger partial charge in [-0.1, -0.05) is 24.3 Å². The van der Waals surface area contributed by atoms with E-state index in [1.807, 2.05) is 26.8 Å². The average Bonchev–Trinajstić information content (AvgIpc) is 2.33. The van der Waals surface area contributed by atoms with Gasteiger partial charge >= 0.3 is 6.09 Å². The molecule has 0 aromatic heterocycles. The second-order valence-electron chi connectivity index (χ2n) is 5.27. The number of carbonyl (C=O) groups is 2. The molecule has 1 aromatic rings. The van der Waals surface area contributed by atoms with Crippen LogP contribution in [-0.4, -0.2) is 24.1 Å². The maximum atomic E-state index is 11.4.